The molecule has 0 aliphatic carbocycles. The lowest BCUT2D eigenvalue weighted by molar-refractivity contribution is -0.274. The molecule has 6 nitrogen and oxygen atoms in total. The Balaban J connectivity index is 2.19. The molecule has 2 heterocycles. The standard InChI is InChI=1S/C20H20BrF3N2O4S/c1-4-8-19(27,11-9-25-10-14(28-3)16(11)29-5-2)18-26-12-6-7-13(30-20(22,23)24)15(21)17(12)31-18/h6-7,9-10,27H,4-5,8H2,1-3H3. The van der Waals surface area contributed by atoms with Crippen LogP contribution in [0, 0.1) is 0 Å². The van der Waals surface area contributed by atoms with Gasteiger partial charge in [0.15, 0.2) is 11.5 Å². The first-order valence-corrected chi connectivity index (χ1v) is 11.0. The lowest BCUT2D eigenvalue weighted by atomic mass is 9.90. The molecule has 168 valence electrons. The largest absolute Gasteiger partial charge is 0.573 e. The molecule has 0 amide bonds. The van der Waals surface area contributed by atoms with Crippen molar-refractivity contribution in [3.05, 3.63) is 39.6 Å². The number of fused-ring (bicyclic) bond motifs is 1. The van der Waals surface area contributed by atoms with Gasteiger partial charge in [0, 0.05) is 6.20 Å². The number of hydrogen-bond acceptors (Lipinski definition) is 7. The molecule has 0 spiro atoms. The Morgan fingerprint density at radius 3 is 2.52 bits per heavy atom. The molecule has 0 bridgehead atoms. The average Bonchev–Trinajstić information content (AvgIpc) is 3.15. The van der Waals surface area contributed by atoms with Gasteiger partial charge in [0.1, 0.15) is 16.4 Å². The first-order valence-electron chi connectivity index (χ1n) is 9.37. The zero-order chi connectivity index (χ0) is 22.8. The van der Waals surface area contributed by atoms with Crippen LogP contribution in [0.15, 0.2) is 29.0 Å². The topological polar surface area (TPSA) is 73.7 Å². The van der Waals surface area contributed by atoms with Crippen LogP contribution in [0.4, 0.5) is 13.2 Å². The molecule has 0 aliphatic rings. The van der Waals surface area contributed by atoms with Crippen molar-refractivity contribution in [2.75, 3.05) is 13.7 Å². The molecule has 0 saturated carbocycles. The number of nitrogens with zero attached hydrogens (tertiary/aromatic N) is 2. The summed E-state index contributed by atoms with van der Waals surface area (Å²) >= 11 is 4.25. The smallest absolute Gasteiger partial charge is 0.491 e. The van der Waals surface area contributed by atoms with Gasteiger partial charge in [-0.3, -0.25) is 4.98 Å². The highest BCUT2D eigenvalue weighted by Gasteiger charge is 2.39. The molecular formula is C20H20BrF3N2O4S. The van der Waals surface area contributed by atoms with Crippen LogP contribution in [-0.4, -0.2) is 35.2 Å². The second-order valence-corrected chi connectivity index (χ2v) is 8.35. The fourth-order valence-electron chi connectivity index (χ4n) is 3.20. The van der Waals surface area contributed by atoms with Crippen molar-refractivity contribution in [1.29, 1.82) is 0 Å². The molecule has 1 aromatic carbocycles. The van der Waals surface area contributed by atoms with Crippen LogP contribution in [0.5, 0.6) is 17.2 Å². The summed E-state index contributed by atoms with van der Waals surface area (Å²) in [4.78, 5) is 8.67. The Bertz CT molecular complexity index is 1080. The lowest BCUT2D eigenvalue weighted by Gasteiger charge is -2.28. The minimum Gasteiger partial charge on any atom is -0.491 e. The van der Waals surface area contributed by atoms with E-state index in [2.05, 4.69) is 30.6 Å². The van der Waals surface area contributed by atoms with Gasteiger partial charge in [-0.05, 0) is 41.4 Å². The monoisotopic (exact) mass is 520 g/mol. The Kier molecular flexibility index (Phi) is 6.97. The SMILES string of the molecule is CCCC(O)(c1nc2ccc(OC(F)(F)F)c(Br)c2s1)c1cncc(OC)c1OCC. The molecule has 11 heteroatoms. The van der Waals surface area contributed by atoms with Crippen LogP contribution in [0.25, 0.3) is 10.2 Å². The molecule has 0 fully saturated rings. The van der Waals surface area contributed by atoms with Gasteiger partial charge in [0.25, 0.3) is 0 Å². The van der Waals surface area contributed by atoms with Crippen molar-refractivity contribution < 1.29 is 32.5 Å². The van der Waals surface area contributed by atoms with Crippen LogP contribution in [0.3, 0.4) is 0 Å². The van der Waals surface area contributed by atoms with Crippen molar-refractivity contribution in [3.8, 4) is 17.2 Å². The third-order valence-electron chi connectivity index (χ3n) is 4.47. The number of thiazole rings is 1. The summed E-state index contributed by atoms with van der Waals surface area (Å²) in [6, 6.07) is 2.60. The summed E-state index contributed by atoms with van der Waals surface area (Å²) < 4.78 is 53.8. The Hall–Kier alpha value is -2.11. The Morgan fingerprint density at radius 1 is 1.16 bits per heavy atom. The molecular weight excluding hydrogens is 501 g/mol. The number of hydrogen-bond donors (Lipinski definition) is 1. The molecule has 1 unspecified atom stereocenters. The predicted octanol–water partition coefficient (Wildman–Crippen LogP) is 5.80. The number of aromatic nitrogens is 2. The first-order chi connectivity index (χ1) is 14.6. The average molecular weight is 521 g/mol. The van der Waals surface area contributed by atoms with Gasteiger partial charge >= 0.3 is 6.36 Å². The van der Waals surface area contributed by atoms with Crippen molar-refractivity contribution in [2.24, 2.45) is 0 Å². The number of pyridine rings is 1. The highest BCUT2D eigenvalue weighted by molar-refractivity contribution is 9.10. The van der Waals surface area contributed by atoms with Crippen molar-refractivity contribution >= 4 is 37.5 Å². The molecule has 31 heavy (non-hydrogen) atoms. The maximum atomic E-state index is 12.7. The second-order valence-electron chi connectivity index (χ2n) is 6.55. The number of halogens is 4. The molecule has 0 saturated heterocycles. The van der Waals surface area contributed by atoms with Crippen LogP contribution in [0.2, 0.25) is 0 Å². The maximum absolute atomic E-state index is 12.7. The van der Waals surface area contributed by atoms with Crippen LogP contribution in [0.1, 0.15) is 37.3 Å². The zero-order valence-electron chi connectivity index (χ0n) is 16.9. The third-order valence-corrected chi connectivity index (χ3v) is 6.76. The van der Waals surface area contributed by atoms with Gasteiger partial charge < -0.3 is 19.3 Å². The highest BCUT2D eigenvalue weighted by atomic mass is 79.9. The summed E-state index contributed by atoms with van der Waals surface area (Å²) in [7, 11) is 1.47. The van der Waals surface area contributed by atoms with Gasteiger partial charge in [0.2, 0.25) is 0 Å². The lowest BCUT2D eigenvalue weighted by Crippen LogP contribution is -2.28. The highest BCUT2D eigenvalue weighted by Crippen LogP contribution is 2.47. The molecule has 3 aromatic rings. The van der Waals surface area contributed by atoms with E-state index >= 15 is 0 Å². The van der Waals surface area contributed by atoms with E-state index in [1.807, 2.05) is 6.92 Å². The Labute approximate surface area is 189 Å². The van der Waals surface area contributed by atoms with Gasteiger partial charge in [-0.25, -0.2) is 4.98 Å². The van der Waals surface area contributed by atoms with E-state index in [-0.39, 0.29) is 16.6 Å². The van der Waals surface area contributed by atoms with Gasteiger partial charge in [-0.2, -0.15) is 0 Å². The predicted molar refractivity (Wildman–Crippen MR) is 114 cm³/mol. The Morgan fingerprint density at radius 2 is 1.90 bits per heavy atom. The minimum absolute atomic E-state index is 0.110. The van der Waals surface area contributed by atoms with E-state index < -0.39 is 12.0 Å². The normalized spacial score (nSPS) is 13.8. The summed E-state index contributed by atoms with van der Waals surface area (Å²) in [5.74, 6) is 0.319. The molecule has 1 atom stereocenters. The molecule has 3 rings (SSSR count). The van der Waals surface area contributed by atoms with Crippen LogP contribution in [-0.2, 0) is 5.60 Å². The van der Waals surface area contributed by atoms with Gasteiger partial charge in [-0.1, -0.05) is 13.3 Å². The van der Waals surface area contributed by atoms with E-state index in [0.717, 1.165) is 11.3 Å². The van der Waals surface area contributed by atoms with E-state index in [1.54, 1.807) is 6.92 Å². The quantitative estimate of drug-likeness (QED) is 0.404. The number of ether oxygens (including phenoxy) is 3. The van der Waals surface area contributed by atoms with Crippen molar-refractivity contribution in [3.63, 3.8) is 0 Å². The van der Waals surface area contributed by atoms with Crippen molar-refractivity contribution in [1.82, 2.24) is 9.97 Å². The minimum atomic E-state index is -4.83. The summed E-state index contributed by atoms with van der Waals surface area (Å²) in [5.41, 5.74) is -0.795. The van der Waals surface area contributed by atoms with E-state index in [4.69, 9.17) is 9.47 Å². The fourth-order valence-corrected chi connectivity index (χ4v) is 4.99. The number of rotatable bonds is 8. The fraction of sp³-hybridized carbons (Fsp3) is 0.400. The zero-order valence-corrected chi connectivity index (χ0v) is 19.3. The maximum Gasteiger partial charge on any atom is 0.573 e. The number of benzene rings is 1. The van der Waals surface area contributed by atoms with E-state index in [9.17, 15) is 18.3 Å². The van der Waals surface area contributed by atoms with Gasteiger partial charge in [-0.15, -0.1) is 24.5 Å². The summed E-state index contributed by atoms with van der Waals surface area (Å²) in [6.07, 6.45) is -0.978. The number of aliphatic hydroxyl groups is 1. The molecule has 1 N–H and O–H groups in total. The molecule has 2 aromatic heterocycles. The second kappa shape index (κ2) is 9.17. The van der Waals surface area contributed by atoms with Crippen molar-refractivity contribution in [2.45, 2.75) is 38.7 Å². The number of alkyl halides is 3. The van der Waals surface area contributed by atoms with E-state index in [1.165, 1.54) is 31.6 Å². The summed E-state index contributed by atoms with van der Waals surface area (Å²) in [6.45, 7) is 4.04. The molecule has 0 radical (unpaired) electrons. The first kappa shape index (κ1) is 23.6. The summed E-state index contributed by atoms with van der Waals surface area (Å²) in [5, 5.41) is 12.1. The van der Waals surface area contributed by atoms with Gasteiger partial charge in [0.05, 0.1) is 40.2 Å². The van der Waals surface area contributed by atoms with E-state index in [0.29, 0.717) is 45.3 Å². The van der Waals surface area contributed by atoms with Crippen LogP contribution < -0.4 is 14.2 Å². The van der Waals surface area contributed by atoms with Crippen LogP contribution >= 0.6 is 27.3 Å². The number of methoxy groups -OCH3 is 1. The molecule has 0 aliphatic heterocycles. The third kappa shape index (κ3) is 4.73.